The lowest BCUT2D eigenvalue weighted by Crippen LogP contribution is -2.49. The van der Waals surface area contributed by atoms with Crippen molar-refractivity contribution in [1.29, 1.82) is 0 Å². The Morgan fingerprint density at radius 3 is 2.52 bits per heavy atom. The molecule has 1 saturated heterocycles. The van der Waals surface area contributed by atoms with Crippen molar-refractivity contribution in [3.8, 4) is 0 Å². The molecule has 2 rings (SSSR count). The van der Waals surface area contributed by atoms with Gasteiger partial charge in [-0.3, -0.25) is 4.79 Å². The molecule has 0 radical (unpaired) electrons. The second kappa shape index (κ2) is 10.7. The van der Waals surface area contributed by atoms with Gasteiger partial charge in [-0.05, 0) is 32.2 Å². The fourth-order valence-electron chi connectivity index (χ4n) is 3.40. The SMILES string of the molecule is CCCN(C(=O)CNC(=O)NC1CCCCC1)C1CCNC1.Cl. The highest BCUT2D eigenvalue weighted by Crippen LogP contribution is 2.17. The summed E-state index contributed by atoms with van der Waals surface area (Å²) in [5, 5.41) is 9.00. The standard InChI is InChI=1S/C16H30N4O2.ClH/c1-2-10-20(14-8-9-17-11-14)15(21)12-18-16(22)19-13-6-4-3-5-7-13;/h13-14,17H,2-12H2,1H3,(H2,18,19,22);1H. The molecule has 1 heterocycles. The van der Waals surface area contributed by atoms with Gasteiger partial charge in [0.2, 0.25) is 5.91 Å². The van der Waals surface area contributed by atoms with Crippen molar-refractivity contribution in [2.24, 2.45) is 0 Å². The molecule has 1 unspecified atom stereocenters. The first kappa shape index (κ1) is 20.0. The molecule has 1 saturated carbocycles. The van der Waals surface area contributed by atoms with E-state index in [0.29, 0.717) is 0 Å². The zero-order chi connectivity index (χ0) is 15.8. The summed E-state index contributed by atoms with van der Waals surface area (Å²) in [6, 6.07) is 0.339. The zero-order valence-electron chi connectivity index (χ0n) is 14.1. The summed E-state index contributed by atoms with van der Waals surface area (Å²) < 4.78 is 0. The van der Waals surface area contributed by atoms with Crippen molar-refractivity contribution in [3.63, 3.8) is 0 Å². The third-order valence-corrected chi connectivity index (χ3v) is 4.60. The minimum atomic E-state index is -0.207. The van der Waals surface area contributed by atoms with Gasteiger partial charge < -0.3 is 20.9 Å². The van der Waals surface area contributed by atoms with Crippen molar-refractivity contribution >= 4 is 24.3 Å². The molecule has 23 heavy (non-hydrogen) atoms. The number of nitrogens with one attached hydrogen (secondary N) is 3. The Morgan fingerprint density at radius 2 is 1.91 bits per heavy atom. The highest BCUT2D eigenvalue weighted by atomic mass is 35.5. The third kappa shape index (κ3) is 6.55. The smallest absolute Gasteiger partial charge is 0.315 e. The van der Waals surface area contributed by atoms with E-state index in [1.807, 2.05) is 4.90 Å². The molecular formula is C16H31ClN4O2. The van der Waals surface area contributed by atoms with E-state index in [9.17, 15) is 9.59 Å². The molecule has 1 atom stereocenters. The summed E-state index contributed by atoms with van der Waals surface area (Å²) in [5.74, 6) is 0.0225. The molecule has 0 aromatic rings. The van der Waals surface area contributed by atoms with Crippen LogP contribution in [0.1, 0.15) is 51.9 Å². The monoisotopic (exact) mass is 346 g/mol. The molecule has 2 aliphatic rings. The fourth-order valence-corrected chi connectivity index (χ4v) is 3.40. The summed E-state index contributed by atoms with van der Waals surface area (Å²) in [7, 11) is 0. The first-order chi connectivity index (χ1) is 10.7. The maximum Gasteiger partial charge on any atom is 0.315 e. The predicted octanol–water partition coefficient (Wildman–Crippen LogP) is 1.64. The number of nitrogens with zero attached hydrogens (tertiary/aromatic N) is 1. The molecule has 2 fully saturated rings. The average molecular weight is 347 g/mol. The van der Waals surface area contributed by atoms with E-state index in [0.717, 1.165) is 45.3 Å². The number of carbonyl (C=O) groups is 2. The first-order valence-electron chi connectivity index (χ1n) is 8.75. The second-order valence-electron chi connectivity index (χ2n) is 6.40. The van der Waals surface area contributed by atoms with Crippen molar-refractivity contribution in [2.75, 3.05) is 26.2 Å². The molecule has 0 bridgehead atoms. The van der Waals surface area contributed by atoms with Gasteiger partial charge in [-0.25, -0.2) is 4.79 Å². The van der Waals surface area contributed by atoms with Gasteiger partial charge in [0.15, 0.2) is 0 Å². The van der Waals surface area contributed by atoms with Gasteiger partial charge in [0.25, 0.3) is 0 Å². The van der Waals surface area contributed by atoms with Crippen molar-refractivity contribution in [1.82, 2.24) is 20.9 Å². The van der Waals surface area contributed by atoms with Gasteiger partial charge in [-0.15, -0.1) is 12.4 Å². The van der Waals surface area contributed by atoms with E-state index >= 15 is 0 Å². The Kier molecular flexibility index (Phi) is 9.33. The molecule has 1 aliphatic heterocycles. The number of amides is 3. The van der Waals surface area contributed by atoms with Crippen LogP contribution in [0.3, 0.4) is 0 Å². The minimum Gasteiger partial charge on any atom is -0.337 e. The van der Waals surface area contributed by atoms with E-state index in [1.165, 1.54) is 19.3 Å². The van der Waals surface area contributed by atoms with Gasteiger partial charge in [0.1, 0.15) is 0 Å². The summed E-state index contributed by atoms with van der Waals surface area (Å²) in [6.07, 6.45) is 7.68. The highest BCUT2D eigenvalue weighted by Gasteiger charge is 2.26. The van der Waals surface area contributed by atoms with E-state index in [4.69, 9.17) is 0 Å². The normalized spacial score (nSPS) is 21.3. The maximum absolute atomic E-state index is 12.4. The van der Waals surface area contributed by atoms with E-state index < -0.39 is 0 Å². The first-order valence-corrected chi connectivity index (χ1v) is 8.75. The Morgan fingerprint density at radius 1 is 1.17 bits per heavy atom. The molecule has 7 heteroatoms. The largest absolute Gasteiger partial charge is 0.337 e. The van der Waals surface area contributed by atoms with Crippen LogP contribution >= 0.6 is 12.4 Å². The average Bonchev–Trinajstić information content (AvgIpc) is 3.05. The Labute approximate surface area is 145 Å². The predicted molar refractivity (Wildman–Crippen MR) is 93.9 cm³/mol. The fraction of sp³-hybridized carbons (Fsp3) is 0.875. The lowest BCUT2D eigenvalue weighted by Gasteiger charge is -2.28. The number of rotatable bonds is 6. The number of halogens is 1. The van der Waals surface area contributed by atoms with Crippen molar-refractivity contribution < 1.29 is 9.59 Å². The van der Waals surface area contributed by atoms with Crippen LogP contribution in [-0.4, -0.2) is 55.1 Å². The maximum atomic E-state index is 12.4. The topological polar surface area (TPSA) is 73.5 Å². The minimum absolute atomic E-state index is 0. The number of hydrogen-bond donors (Lipinski definition) is 3. The summed E-state index contributed by atoms with van der Waals surface area (Å²) >= 11 is 0. The molecule has 1 aliphatic carbocycles. The summed E-state index contributed by atoms with van der Waals surface area (Å²) in [5.41, 5.74) is 0. The van der Waals surface area contributed by atoms with Crippen LogP contribution in [0.5, 0.6) is 0 Å². The number of hydrogen-bond acceptors (Lipinski definition) is 3. The Balaban J connectivity index is 0.00000264. The molecular weight excluding hydrogens is 316 g/mol. The number of carbonyl (C=O) groups excluding carboxylic acids is 2. The lowest BCUT2D eigenvalue weighted by molar-refractivity contribution is -0.132. The van der Waals surface area contributed by atoms with Gasteiger partial charge in [-0.1, -0.05) is 26.2 Å². The van der Waals surface area contributed by atoms with E-state index in [-0.39, 0.29) is 43.0 Å². The van der Waals surface area contributed by atoms with Crippen LogP contribution in [0, 0.1) is 0 Å². The second-order valence-corrected chi connectivity index (χ2v) is 6.40. The third-order valence-electron chi connectivity index (χ3n) is 4.60. The van der Waals surface area contributed by atoms with Crippen molar-refractivity contribution in [3.05, 3.63) is 0 Å². The van der Waals surface area contributed by atoms with Crippen LogP contribution < -0.4 is 16.0 Å². The van der Waals surface area contributed by atoms with E-state index in [1.54, 1.807) is 0 Å². The van der Waals surface area contributed by atoms with Crippen molar-refractivity contribution in [2.45, 2.75) is 64.0 Å². The molecule has 134 valence electrons. The van der Waals surface area contributed by atoms with Gasteiger partial charge in [-0.2, -0.15) is 0 Å². The summed E-state index contributed by atoms with van der Waals surface area (Å²) in [4.78, 5) is 26.2. The molecule has 6 nitrogen and oxygen atoms in total. The molecule has 3 N–H and O–H groups in total. The number of urea groups is 1. The van der Waals surface area contributed by atoms with Crippen LogP contribution in [0.4, 0.5) is 4.79 Å². The van der Waals surface area contributed by atoms with E-state index in [2.05, 4.69) is 22.9 Å². The lowest BCUT2D eigenvalue weighted by atomic mass is 9.96. The van der Waals surface area contributed by atoms with Gasteiger partial charge >= 0.3 is 6.03 Å². The molecule has 3 amide bonds. The van der Waals surface area contributed by atoms with Crippen LogP contribution in [0.15, 0.2) is 0 Å². The Bertz CT molecular complexity index is 369. The van der Waals surface area contributed by atoms with Gasteiger partial charge in [0, 0.05) is 25.2 Å². The van der Waals surface area contributed by atoms with Crippen LogP contribution in [0.25, 0.3) is 0 Å². The molecule has 0 aromatic heterocycles. The van der Waals surface area contributed by atoms with Crippen LogP contribution in [0.2, 0.25) is 0 Å². The Hall–Kier alpha value is -1.01. The van der Waals surface area contributed by atoms with Gasteiger partial charge in [0.05, 0.1) is 6.54 Å². The molecule has 0 aromatic carbocycles. The van der Waals surface area contributed by atoms with Crippen LogP contribution in [-0.2, 0) is 4.79 Å². The quantitative estimate of drug-likeness (QED) is 0.684. The highest BCUT2D eigenvalue weighted by molar-refractivity contribution is 5.85. The summed E-state index contributed by atoms with van der Waals surface area (Å²) in [6.45, 7) is 4.76. The molecule has 0 spiro atoms. The zero-order valence-corrected chi connectivity index (χ0v) is 14.9.